The van der Waals surface area contributed by atoms with Gasteiger partial charge in [0, 0.05) is 31.1 Å². The summed E-state index contributed by atoms with van der Waals surface area (Å²) in [6.45, 7) is 1.57. The SMILES string of the molecule is CN=C(NCc1ccccc1Cl)NCC1Cc2ccccc21. The number of benzene rings is 2. The number of nitrogens with zero attached hydrogens (tertiary/aromatic N) is 1. The number of guanidine groups is 1. The average Bonchev–Trinajstić information content (AvgIpc) is 2.52. The zero-order valence-electron chi connectivity index (χ0n) is 12.6. The first-order valence-electron chi connectivity index (χ1n) is 7.53. The van der Waals surface area contributed by atoms with E-state index in [-0.39, 0.29) is 0 Å². The van der Waals surface area contributed by atoms with Gasteiger partial charge in [0.1, 0.15) is 0 Å². The molecular weight excluding hydrogens is 294 g/mol. The summed E-state index contributed by atoms with van der Waals surface area (Å²) < 4.78 is 0. The van der Waals surface area contributed by atoms with Gasteiger partial charge in [0.25, 0.3) is 0 Å². The van der Waals surface area contributed by atoms with E-state index in [4.69, 9.17) is 11.6 Å². The van der Waals surface area contributed by atoms with E-state index in [9.17, 15) is 0 Å². The van der Waals surface area contributed by atoms with Gasteiger partial charge < -0.3 is 10.6 Å². The number of halogens is 1. The first-order chi connectivity index (χ1) is 10.8. The summed E-state index contributed by atoms with van der Waals surface area (Å²) in [5.74, 6) is 1.39. The Balaban J connectivity index is 1.51. The minimum absolute atomic E-state index is 0.579. The third kappa shape index (κ3) is 3.25. The molecule has 0 saturated heterocycles. The summed E-state index contributed by atoms with van der Waals surface area (Å²) in [5.41, 5.74) is 3.99. The molecule has 1 unspecified atom stereocenters. The minimum Gasteiger partial charge on any atom is -0.356 e. The molecule has 0 aliphatic heterocycles. The minimum atomic E-state index is 0.579. The van der Waals surface area contributed by atoms with Crippen LogP contribution in [-0.2, 0) is 13.0 Å². The fraction of sp³-hybridized carbons (Fsp3) is 0.278. The first-order valence-corrected chi connectivity index (χ1v) is 7.91. The molecule has 0 bridgehead atoms. The van der Waals surface area contributed by atoms with Crippen molar-refractivity contribution in [2.75, 3.05) is 13.6 Å². The topological polar surface area (TPSA) is 36.4 Å². The van der Waals surface area contributed by atoms with Crippen LogP contribution in [0, 0.1) is 0 Å². The molecule has 0 fully saturated rings. The van der Waals surface area contributed by atoms with E-state index in [1.54, 1.807) is 7.05 Å². The number of fused-ring (bicyclic) bond motifs is 1. The molecule has 2 aromatic rings. The van der Waals surface area contributed by atoms with E-state index < -0.39 is 0 Å². The van der Waals surface area contributed by atoms with Gasteiger partial charge in [0.2, 0.25) is 0 Å². The van der Waals surface area contributed by atoms with Crippen LogP contribution in [0.2, 0.25) is 5.02 Å². The van der Waals surface area contributed by atoms with Crippen molar-refractivity contribution in [1.29, 1.82) is 0 Å². The number of hydrogen-bond acceptors (Lipinski definition) is 1. The fourth-order valence-corrected chi connectivity index (χ4v) is 3.01. The maximum Gasteiger partial charge on any atom is 0.191 e. The van der Waals surface area contributed by atoms with Gasteiger partial charge in [0.05, 0.1) is 0 Å². The van der Waals surface area contributed by atoms with Crippen LogP contribution in [0.25, 0.3) is 0 Å². The summed E-state index contributed by atoms with van der Waals surface area (Å²) in [5, 5.41) is 7.48. The van der Waals surface area contributed by atoms with Gasteiger partial charge in [-0.15, -0.1) is 0 Å². The van der Waals surface area contributed by atoms with Crippen molar-refractivity contribution in [3.63, 3.8) is 0 Å². The summed E-state index contributed by atoms with van der Waals surface area (Å²) in [6.07, 6.45) is 1.14. The largest absolute Gasteiger partial charge is 0.356 e. The molecule has 0 spiro atoms. The second-order valence-corrected chi connectivity index (χ2v) is 5.91. The van der Waals surface area contributed by atoms with Gasteiger partial charge in [-0.3, -0.25) is 4.99 Å². The molecule has 22 heavy (non-hydrogen) atoms. The van der Waals surface area contributed by atoms with E-state index in [1.165, 1.54) is 11.1 Å². The zero-order chi connectivity index (χ0) is 15.4. The van der Waals surface area contributed by atoms with Crippen molar-refractivity contribution in [3.05, 3.63) is 70.2 Å². The van der Waals surface area contributed by atoms with E-state index in [2.05, 4.69) is 39.9 Å². The molecule has 0 amide bonds. The average molecular weight is 314 g/mol. The molecule has 2 N–H and O–H groups in total. The van der Waals surface area contributed by atoms with Crippen LogP contribution in [0.4, 0.5) is 0 Å². The van der Waals surface area contributed by atoms with Gasteiger partial charge >= 0.3 is 0 Å². The standard InChI is InChI=1S/C18H20ClN3/c1-20-18(21-11-14-7-3-5-9-17(14)19)22-12-15-10-13-6-2-4-8-16(13)15/h2-9,15H,10-12H2,1H3,(H2,20,21,22). The highest BCUT2D eigenvalue weighted by atomic mass is 35.5. The lowest BCUT2D eigenvalue weighted by Gasteiger charge is -2.30. The molecule has 4 heteroatoms. The van der Waals surface area contributed by atoms with Gasteiger partial charge in [-0.05, 0) is 29.2 Å². The molecule has 0 aromatic heterocycles. The van der Waals surface area contributed by atoms with Crippen molar-refractivity contribution in [2.24, 2.45) is 4.99 Å². The molecule has 2 aromatic carbocycles. The number of nitrogens with one attached hydrogen (secondary N) is 2. The third-order valence-corrected chi connectivity index (χ3v) is 4.47. The Morgan fingerprint density at radius 3 is 2.68 bits per heavy atom. The van der Waals surface area contributed by atoms with Crippen LogP contribution in [-0.4, -0.2) is 19.6 Å². The van der Waals surface area contributed by atoms with Crippen molar-refractivity contribution in [3.8, 4) is 0 Å². The number of aliphatic imine (C=N–C) groups is 1. The van der Waals surface area contributed by atoms with E-state index in [1.807, 2.05) is 24.3 Å². The van der Waals surface area contributed by atoms with Crippen molar-refractivity contribution < 1.29 is 0 Å². The Morgan fingerprint density at radius 1 is 1.14 bits per heavy atom. The highest BCUT2D eigenvalue weighted by Crippen LogP contribution is 2.33. The zero-order valence-corrected chi connectivity index (χ0v) is 13.4. The van der Waals surface area contributed by atoms with Gasteiger partial charge in [0.15, 0.2) is 5.96 Å². The van der Waals surface area contributed by atoms with Crippen LogP contribution in [0.5, 0.6) is 0 Å². The maximum atomic E-state index is 6.17. The van der Waals surface area contributed by atoms with Crippen molar-refractivity contribution >= 4 is 17.6 Å². The molecule has 0 radical (unpaired) electrons. The van der Waals surface area contributed by atoms with Gasteiger partial charge in [-0.25, -0.2) is 0 Å². The number of rotatable bonds is 4. The van der Waals surface area contributed by atoms with Crippen LogP contribution < -0.4 is 10.6 Å². The van der Waals surface area contributed by atoms with Gasteiger partial charge in [-0.1, -0.05) is 54.1 Å². The summed E-state index contributed by atoms with van der Waals surface area (Å²) in [4.78, 5) is 4.27. The quantitative estimate of drug-likeness (QED) is 0.671. The Kier molecular flexibility index (Phi) is 4.64. The molecule has 114 valence electrons. The highest BCUT2D eigenvalue weighted by Gasteiger charge is 2.25. The van der Waals surface area contributed by atoms with E-state index in [0.29, 0.717) is 12.5 Å². The normalized spacial score (nSPS) is 16.6. The Hall–Kier alpha value is -2.00. The Bertz CT molecular complexity index is 682. The molecular formula is C18H20ClN3. The number of hydrogen-bond donors (Lipinski definition) is 2. The molecule has 1 aliphatic carbocycles. The molecule has 3 nitrogen and oxygen atoms in total. The lowest BCUT2D eigenvalue weighted by atomic mass is 9.78. The Labute approximate surface area is 136 Å². The summed E-state index contributed by atoms with van der Waals surface area (Å²) in [6, 6.07) is 16.5. The molecule has 1 atom stereocenters. The predicted molar refractivity (Wildman–Crippen MR) is 92.5 cm³/mol. The maximum absolute atomic E-state index is 6.17. The summed E-state index contributed by atoms with van der Waals surface area (Å²) in [7, 11) is 1.79. The molecule has 3 rings (SSSR count). The third-order valence-electron chi connectivity index (χ3n) is 4.10. The van der Waals surface area contributed by atoms with Crippen molar-refractivity contribution in [2.45, 2.75) is 18.9 Å². The highest BCUT2D eigenvalue weighted by molar-refractivity contribution is 6.31. The van der Waals surface area contributed by atoms with E-state index in [0.717, 1.165) is 29.5 Å². The smallest absolute Gasteiger partial charge is 0.191 e. The molecule has 0 saturated carbocycles. The predicted octanol–water partition coefficient (Wildman–Crippen LogP) is 3.34. The fourth-order valence-electron chi connectivity index (χ4n) is 2.81. The lowest BCUT2D eigenvalue weighted by molar-refractivity contribution is 0.584. The van der Waals surface area contributed by atoms with Crippen LogP contribution in [0.3, 0.4) is 0 Å². The molecule has 1 aliphatic rings. The monoisotopic (exact) mass is 313 g/mol. The van der Waals surface area contributed by atoms with Crippen LogP contribution in [0.15, 0.2) is 53.5 Å². The van der Waals surface area contributed by atoms with Gasteiger partial charge in [-0.2, -0.15) is 0 Å². The van der Waals surface area contributed by atoms with E-state index >= 15 is 0 Å². The Morgan fingerprint density at radius 2 is 1.91 bits per heavy atom. The second-order valence-electron chi connectivity index (χ2n) is 5.50. The molecule has 0 heterocycles. The van der Waals surface area contributed by atoms with Crippen LogP contribution >= 0.6 is 11.6 Å². The first kappa shape index (κ1) is 14.9. The summed E-state index contributed by atoms with van der Waals surface area (Å²) >= 11 is 6.17. The van der Waals surface area contributed by atoms with Crippen molar-refractivity contribution in [1.82, 2.24) is 10.6 Å². The van der Waals surface area contributed by atoms with Crippen LogP contribution in [0.1, 0.15) is 22.6 Å². The second kappa shape index (κ2) is 6.84. The lowest BCUT2D eigenvalue weighted by Crippen LogP contribution is -2.40.